The van der Waals surface area contributed by atoms with Gasteiger partial charge in [0.25, 0.3) is 0 Å². The first-order valence-corrected chi connectivity index (χ1v) is 13.7. The molecule has 1 N–H and O–H groups in total. The van der Waals surface area contributed by atoms with Crippen LogP contribution in [0.3, 0.4) is 0 Å². The van der Waals surface area contributed by atoms with Crippen LogP contribution in [-0.2, 0) is 26.2 Å². The third kappa shape index (κ3) is 7.77. The highest BCUT2D eigenvalue weighted by atomic mass is 35.5. The van der Waals surface area contributed by atoms with Crippen molar-refractivity contribution in [3.05, 3.63) is 63.1 Å². The first-order chi connectivity index (χ1) is 16.0. The first kappa shape index (κ1) is 28.2. The van der Waals surface area contributed by atoms with Crippen LogP contribution in [-0.4, -0.2) is 50.5 Å². The zero-order valence-electron chi connectivity index (χ0n) is 19.2. The lowest BCUT2D eigenvalue weighted by Crippen LogP contribution is -2.52. The number of nitrogens with one attached hydrogen (secondary N) is 1. The molecule has 2 aromatic rings. The molecule has 0 saturated heterocycles. The maximum Gasteiger partial charge on any atom is 0.244 e. The van der Waals surface area contributed by atoms with E-state index in [2.05, 4.69) is 5.32 Å². The summed E-state index contributed by atoms with van der Waals surface area (Å²) in [7, 11) is -3.81. The van der Waals surface area contributed by atoms with Gasteiger partial charge in [0, 0.05) is 28.2 Å². The maximum atomic E-state index is 13.5. The van der Waals surface area contributed by atoms with Gasteiger partial charge in [0.2, 0.25) is 21.8 Å². The molecule has 2 rings (SSSR count). The number of carbonyl (C=O) groups excluding carboxylic acids is 2. The number of hydrogen-bond acceptors (Lipinski definition) is 4. The number of sulfonamides is 1. The predicted molar refractivity (Wildman–Crippen MR) is 138 cm³/mol. The molecule has 7 nitrogen and oxygen atoms in total. The van der Waals surface area contributed by atoms with E-state index in [9.17, 15) is 18.0 Å². The lowest BCUT2D eigenvalue weighted by molar-refractivity contribution is -0.140. The molecule has 1 unspecified atom stereocenters. The van der Waals surface area contributed by atoms with Crippen molar-refractivity contribution < 1.29 is 18.0 Å². The quantitative estimate of drug-likeness (QED) is 0.439. The first-order valence-electron chi connectivity index (χ1n) is 10.7. The molecule has 0 saturated carbocycles. The molecule has 0 aromatic heterocycles. The molecule has 0 fully saturated rings. The molecule has 1 atom stereocenters. The normalized spacial score (nSPS) is 12.2. The molecule has 34 heavy (non-hydrogen) atoms. The van der Waals surface area contributed by atoms with Crippen molar-refractivity contribution in [3.63, 3.8) is 0 Å². The summed E-state index contributed by atoms with van der Waals surface area (Å²) < 4.78 is 26.1. The molecule has 0 spiro atoms. The molecular formula is C23H28Cl3N3O4S. The molecule has 0 aliphatic rings. The van der Waals surface area contributed by atoms with Gasteiger partial charge in [0.1, 0.15) is 12.6 Å². The summed E-state index contributed by atoms with van der Waals surface area (Å²) in [5.41, 5.74) is 0.867. The van der Waals surface area contributed by atoms with Crippen molar-refractivity contribution in [2.75, 3.05) is 23.7 Å². The molecular weight excluding hydrogens is 521 g/mol. The van der Waals surface area contributed by atoms with Crippen LogP contribution < -0.4 is 9.62 Å². The third-order valence-corrected chi connectivity index (χ3v) is 7.06. The van der Waals surface area contributed by atoms with Crippen LogP contribution in [0.15, 0.2) is 42.5 Å². The number of amides is 2. The Morgan fingerprint density at radius 2 is 1.62 bits per heavy atom. The fourth-order valence-corrected chi connectivity index (χ4v) is 4.78. The molecule has 0 heterocycles. The highest BCUT2D eigenvalue weighted by Gasteiger charge is 2.32. The van der Waals surface area contributed by atoms with Gasteiger partial charge in [-0.05, 0) is 54.8 Å². The van der Waals surface area contributed by atoms with Gasteiger partial charge in [-0.2, -0.15) is 0 Å². The minimum absolute atomic E-state index is 0.00507. The number of anilines is 1. The van der Waals surface area contributed by atoms with Crippen molar-refractivity contribution in [3.8, 4) is 0 Å². The topological polar surface area (TPSA) is 86.8 Å². The van der Waals surface area contributed by atoms with E-state index in [1.54, 1.807) is 25.1 Å². The Morgan fingerprint density at radius 1 is 1.00 bits per heavy atom. The highest BCUT2D eigenvalue weighted by molar-refractivity contribution is 7.92. The minimum Gasteiger partial charge on any atom is -0.354 e. The Hall–Kier alpha value is -2.00. The van der Waals surface area contributed by atoms with Crippen molar-refractivity contribution in [2.45, 2.75) is 39.3 Å². The second-order valence-electron chi connectivity index (χ2n) is 7.72. The smallest absolute Gasteiger partial charge is 0.244 e. The predicted octanol–water partition coefficient (Wildman–Crippen LogP) is 4.75. The van der Waals surface area contributed by atoms with E-state index in [0.29, 0.717) is 33.6 Å². The molecule has 2 aromatic carbocycles. The second-order valence-corrected chi connectivity index (χ2v) is 10.9. The maximum absolute atomic E-state index is 13.5. The Labute approximate surface area is 216 Å². The summed E-state index contributed by atoms with van der Waals surface area (Å²) in [6.07, 6.45) is 2.07. The summed E-state index contributed by atoms with van der Waals surface area (Å²) in [5, 5.41) is 4.02. The van der Waals surface area contributed by atoms with E-state index in [-0.39, 0.29) is 18.1 Å². The van der Waals surface area contributed by atoms with Crippen LogP contribution in [0, 0.1) is 0 Å². The van der Waals surface area contributed by atoms with Gasteiger partial charge in [0.05, 0.1) is 11.9 Å². The lowest BCUT2D eigenvalue weighted by Gasteiger charge is -2.33. The number of hydrogen-bond donors (Lipinski definition) is 1. The molecule has 0 aliphatic carbocycles. The average molecular weight is 549 g/mol. The van der Waals surface area contributed by atoms with Gasteiger partial charge in [-0.3, -0.25) is 13.9 Å². The van der Waals surface area contributed by atoms with Gasteiger partial charge in [-0.1, -0.05) is 54.7 Å². The number of halogens is 3. The van der Waals surface area contributed by atoms with Gasteiger partial charge in [0.15, 0.2) is 0 Å². The van der Waals surface area contributed by atoms with Crippen LogP contribution in [0.1, 0.15) is 32.3 Å². The van der Waals surface area contributed by atoms with E-state index < -0.39 is 28.5 Å². The van der Waals surface area contributed by atoms with E-state index in [0.717, 1.165) is 17.0 Å². The number of rotatable bonds is 11. The largest absolute Gasteiger partial charge is 0.354 e. The standard InChI is InChI=1S/C23H28Cl3N3O4S/c1-4-12-27-23(31)21(5-2)28(14-16-6-7-18(25)13-20(16)26)22(30)15-29(34(3,32)33)19-10-8-17(24)9-11-19/h6-11,13,21H,4-5,12,14-15H2,1-3H3,(H,27,31). The van der Waals surface area contributed by atoms with Crippen LogP contribution in [0.25, 0.3) is 0 Å². The molecule has 2 amide bonds. The monoisotopic (exact) mass is 547 g/mol. The molecule has 0 bridgehead atoms. The van der Waals surface area contributed by atoms with Crippen LogP contribution in [0.4, 0.5) is 5.69 Å². The zero-order chi connectivity index (χ0) is 25.5. The summed E-state index contributed by atoms with van der Waals surface area (Å²) in [6, 6.07) is 10.2. The van der Waals surface area contributed by atoms with E-state index >= 15 is 0 Å². The fraction of sp³-hybridized carbons (Fsp3) is 0.391. The molecule has 11 heteroatoms. The lowest BCUT2D eigenvalue weighted by atomic mass is 10.1. The van der Waals surface area contributed by atoms with Gasteiger partial charge < -0.3 is 10.2 Å². The number of benzene rings is 2. The Kier molecular flexibility index (Phi) is 10.5. The van der Waals surface area contributed by atoms with Crippen LogP contribution >= 0.6 is 34.8 Å². The van der Waals surface area contributed by atoms with Gasteiger partial charge in [-0.25, -0.2) is 8.42 Å². The van der Waals surface area contributed by atoms with Crippen molar-refractivity contribution in [2.24, 2.45) is 0 Å². The zero-order valence-corrected chi connectivity index (χ0v) is 22.3. The van der Waals surface area contributed by atoms with E-state index in [1.165, 1.54) is 29.2 Å². The van der Waals surface area contributed by atoms with E-state index in [1.807, 2.05) is 6.92 Å². The summed E-state index contributed by atoms with van der Waals surface area (Å²) in [5.74, 6) is -0.870. The summed E-state index contributed by atoms with van der Waals surface area (Å²) >= 11 is 18.3. The third-order valence-electron chi connectivity index (χ3n) is 5.08. The molecule has 0 aliphatic heterocycles. The fourth-order valence-electron chi connectivity index (χ4n) is 3.34. The van der Waals surface area contributed by atoms with E-state index in [4.69, 9.17) is 34.8 Å². The van der Waals surface area contributed by atoms with Gasteiger partial charge in [-0.15, -0.1) is 0 Å². The summed E-state index contributed by atoms with van der Waals surface area (Å²) in [6.45, 7) is 3.68. The Bertz CT molecular complexity index is 1110. The summed E-state index contributed by atoms with van der Waals surface area (Å²) in [4.78, 5) is 27.8. The SMILES string of the molecule is CCCNC(=O)C(CC)N(Cc1ccc(Cl)cc1Cl)C(=O)CN(c1ccc(Cl)cc1)S(C)(=O)=O. The highest BCUT2D eigenvalue weighted by Crippen LogP contribution is 2.25. The Balaban J connectivity index is 2.44. The minimum atomic E-state index is -3.81. The van der Waals surface area contributed by atoms with Crippen molar-refractivity contribution in [1.29, 1.82) is 0 Å². The number of nitrogens with zero attached hydrogens (tertiary/aromatic N) is 2. The Morgan fingerprint density at radius 3 is 2.15 bits per heavy atom. The van der Waals surface area contributed by atoms with Crippen LogP contribution in [0.5, 0.6) is 0 Å². The molecule has 0 radical (unpaired) electrons. The molecule has 186 valence electrons. The second kappa shape index (κ2) is 12.6. The van der Waals surface area contributed by atoms with Crippen LogP contribution in [0.2, 0.25) is 15.1 Å². The van der Waals surface area contributed by atoms with Gasteiger partial charge >= 0.3 is 0 Å². The average Bonchev–Trinajstić information content (AvgIpc) is 2.77. The van der Waals surface area contributed by atoms with Crippen molar-refractivity contribution >= 4 is 62.3 Å². The number of carbonyl (C=O) groups is 2. The van der Waals surface area contributed by atoms with Crippen molar-refractivity contribution in [1.82, 2.24) is 10.2 Å².